The fourth-order valence-corrected chi connectivity index (χ4v) is 3.47. The number of hydrogen-bond acceptors (Lipinski definition) is 4. The van der Waals surface area contributed by atoms with Crippen LogP contribution in [-0.4, -0.2) is 36.0 Å². The molecule has 2 aliphatic heterocycles. The molecule has 0 saturated carbocycles. The van der Waals surface area contributed by atoms with Gasteiger partial charge in [-0.2, -0.15) is 0 Å². The molecule has 0 bridgehead atoms. The van der Waals surface area contributed by atoms with Crippen LogP contribution in [0.4, 0.5) is 5.69 Å². The molecule has 2 heterocycles. The molecule has 0 aliphatic carbocycles. The van der Waals surface area contributed by atoms with E-state index >= 15 is 0 Å². The molecule has 20 heavy (non-hydrogen) atoms. The van der Waals surface area contributed by atoms with Crippen molar-refractivity contribution in [1.29, 1.82) is 0 Å². The lowest BCUT2D eigenvalue weighted by atomic mass is 10.0. The minimum Gasteiger partial charge on any atom is -0.348 e. The van der Waals surface area contributed by atoms with Crippen LogP contribution in [0.1, 0.15) is 35.2 Å². The predicted molar refractivity (Wildman–Crippen MR) is 79.5 cm³/mol. The number of nitrogens with one attached hydrogen (secondary N) is 2. The number of rotatable bonds is 3. The Labute approximate surface area is 119 Å². The van der Waals surface area contributed by atoms with Gasteiger partial charge in [0, 0.05) is 18.6 Å². The number of nitrogen functional groups attached to an aromatic ring is 1. The van der Waals surface area contributed by atoms with Crippen LogP contribution >= 0.6 is 0 Å². The predicted octanol–water partition coefficient (Wildman–Crippen LogP) is 1.25. The van der Waals surface area contributed by atoms with E-state index < -0.39 is 0 Å². The van der Waals surface area contributed by atoms with Gasteiger partial charge in [0.1, 0.15) is 0 Å². The molecule has 5 nitrogen and oxygen atoms in total. The first-order chi connectivity index (χ1) is 9.69. The largest absolute Gasteiger partial charge is 0.348 e. The molecule has 2 atom stereocenters. The highest BCUT2D eigenvalue weighted by atomic mass is 16.1. The Bertz CT molecular complexity index is 517. The summed E-state index contributed by atoms with van der Waals surface area (Å²) in [5, 5.41) is 3.19. The number of carbonyl (C=O) groups is 1. The van der Waals surface area contributed by atoms with Crippen molar-refractivity contribution in [1.82, 2.24) is 10.2 Å². The highest BCUT2D eigenvalue weighted by Gasteiger charge is 2.38. The third-order valence-corrected chi connectivity index (χ3v) is 4.50. The van der Waals surface area contributed by atoms with E-state index in [9.17, 15) is 4.79 Å². The smallest absolute Gasteiger partial charge is 0.253 e. The first kappa shape index (κ1) is 13.4. The van der Waals surface area contributed by atoms with E-state index in [2.05, 4.69) is 15.6 Å². The number of anilines is 1. The van der Waals surface area contributed by atoms with E-state index in [4.69, 9.17) is 5.84 Å². The zero-order chi connectivity index (χ0) is 14.1. The standard InChI is InChI=1S/C15H22N4O/c1-10-4-5-12(18-16)11(9-10)15(20)17-13-6-8-19-7-2-3-14(13)19/h4-5,9,13-14,18H,2-3,6-8,16H2,1H3,(H,17,20). The van der Waals surface area contributed by atoms with Gasteiger partial charge >= 0.3 is 0 Å². The maximum atomic E-state index is 12.5. The molecule has 1 aromatic rings. The van der Waals surface area contributed by atoms with Gasteiger partial charge in [0.15, 0.2) is 0 Å². The number of nitrogens with zero attached hydrogens (tertiary/aromatic N) is 1. The number of carbonyl (C=O) groups excluding carboxylic acids is 1. The highest BCUT2D eigenvalue weighted by Crippen LogP contribution is 2.28. The Morgan fingerprint density at radius 2 is 2.20 bits per heavy atom. The van der Waals surface area contributed by atoms with Crippen molar-refractivity contribution in [2.24, 2.45) is 5.84 Å². The summed E-state index contributed by atoms with van der Waals surface area (Å²) in [4.78, 5) is 15.0. The van der Waals surface area contributed by atoms with Crippen molar-refractivity contribution in [3.8, 4) is 0 Å². The lowest BCUT2D eigenvalue weighted by Gasteiger charge is -2.22. The van der Waals surface area contributed by atoms with E-state index in [1.165, 1.54) is 19.4 Å². The molecule has 0 radical (unpaired) electrons. The van der Waals surface area contributed by atoms with Crippen molar-refractivity contribution in [2.45, 2.75) is 38.3 Å². The third-order valence-electron chi connectivity index (χ3n) is 4.50. The molecule has 3 rings (SSSR count). The Balaban J connectivity index is 1.75. The van der Waals surface area contributed by atoms with Gasteiger partial charge in [0.25, 0.3) is 5.91 Å². The summed E-state index contributed by atoms with van der Waals surface area (Å²) in [6.07, 6.45) is 3.49. The number of hydrazine groups is 1. The summed E-state index contributed by atoms with van der Waals surface area (Å²) in [5.41, 5.74) is 4.97. The van der Waals surface area contributed by atoms with Crippen LogP contribution in [-0.2, 0) is 0 Å². The van der Waals surface area contributed by atoms with Gasteiger partial charge in [-0.05, 0) is 44.9 Å². The summed E-state index contributed by atoms with van der Waals surface area (Å²) in [7, 11) is 0. The van der Waals surface area contributed by atoms with Crippen molar-refractivity contribution in [2.75, 3.05) is 18.5 Å². The van der Waals surface area contributed by atoms with Gasteiger partial charge in [0.2, 0.25) is 0 Å². The molecule has 2 aliphatic rings. The quantitative estimate of drug-likeness (QED) is 0.573. The lowest BCUT2D eigenvalue weighted by Crippen LogP contribution is -2.42. The fraction of sp³-hybridized carbons (Fsp3) is 0.533. The molecular weight excluding hydrogens is 252 g/mol. The van der Waals surface area contributed by atoms with E-state index in [0.717, 1.165) is 18.5 Å². The van der Waals surface area contributed by atoms with Crippen molar-refractivity contribution < 1.29 is 4.79 Å². The molecule has 0 aromatic heterocycles. The van der Waals surface area contributed by atoms with Crippen molar-refractivity contribution >= 4 is 11.6 Å². The highest BCUT2D eigenvalue weighted by molar-refractivity contribution is 6.00. The third kappa shape index (κ3) is 2.39. The Kier molecular flexibility index (Phi) is 3.63. The molecule has 1 amide bonds. The van der Waals surface area contributed by atoms with Crippen LogP contribution in [0.3, 0.4) is 0 Å². The monoisotopic (exact) mass is 274 g/mol. The van der Waals surface area contributed by atoms with Crippen molar-refractivity contribution in [3.63, 3.8) is 0 Å². The van der Waals surface area contributed by atoms with Gasteiger partial charge in [0.05, 0.1) is 11.3 Å². The molecule has 2 saturated heterocycles. The summed E-state index contributed by atoms with van der Waals surface area (Å²) < 4.78 is 0. The van der Waals surface area contributed by atoms with Gasteiger partial charge in [-0.3, -0.25) is 15.5 Å². The number of hydrogen-bond donors (Lipinski definition) is 3. The van der Waals surface area contributed by atoms with Gasteiger partial charge in [-0.1, -0.05) is 11.6 Å². The minimum atomic E-state index is -0.0274. The molecule has 1 aromatic carbocycles. The summed E-state index contributed by atoms with van der Waals surface area (Å²) in [6.45, 7) is 4.26. The second kappa shape index (κ2) is 5.42. The zero-order valence-corrected chi connectivity index (χ0v) is 11.9. The lowest BCUT2D eigenvalue weighted by molar-refractivity contribution is 0.0930. The second-order valence-electron chi connectivity index (χ2n) is 5.81. The van der Waals surface area contributed by atoms with Crippen LogP contribution in [0.15, 0.2) is 18.2 Å². The molecule has 2 unspecified atom stereocenters. The number of amides is 1. The normalized spacial score (nSPS) is 25.5. The van der Waals surface area contributed by atoms with Crippen LogP contribution in [0.2, 0.25) is 0 Å². The second-order valence-corrected chi connectivity index (χ2v) is 5.81. The van der Waals surface area contributed by atoms with Gasteiger partial charge < -0.3 is 10.7 Å². The molecular formula is C15H22N4O. The minimum absolute atomic E-state index is 0.0274. The number of aryl methyl sites for hydroxylation is 1. The topological polar surface area (TPSA) is 70.4 Å². The zero-order valence-electron chi connectivity index (χ0n) is 11.9. The van der Waals surface area contributed by atoms with Gasteiger partial charge in [-0.15, -0.1) is 0 Å². The van der Waals surface area contributed by atoms with Crippen molar-refractivity contribution in [3.05, 3.63) is 29.3 Å². The first-order valence-electron chi connectivity index (χ1n) is 7.31. The molecule has 5 heteroatoms. The fourth-order valence-electron chi connectivity index (χ4n) is 3.47. The Hall–Kier alpha value is -1.59. The van der Waals surface area contributed by atoms with Crippen LogP contribution in [0.25, 0.3) is 0 Å². The summed E-state index contributed by atoms with van der Waals surface area (Å²) in [5.74, 6) is 5.47. The van der Waals surface area contributed by atoms with E-state index in [1.807, 2.05) is 25.1 Å². The molecule has 0 spiro atoms. The SMILES string of the molecule is Cc1ccc(NN)c(C(=O)NC2CCN3CCCC23)c1. The Morgan fingerprint density at radius 1 is 1.35 bits per heavy atom. The average molecular weight is 274 g/mol. The number of benzene rings is 1. The van der Waals surface area contributed by atoms with E-state index in [-0.39, 0.29) is 11.9 Å². The first-order valence-corrected chi connectivity index (χ1v) is 7.31. The molecule has 4 N–H and O–H groups in total. The van der Waals surface area contributed by atoms with E-state index in [1.54, 1.807) is 0 Å². The number of fused-ring (bicyclic) bond motifs is 1. The molecule has 2 fully saturated rings. The van der Waals surface area contributed by atoms with Crippen LogP contribution in [0.5, 0.6) is 0 Å². The average Bonchev–Trinajstić information content (AvgIpc) is 3.03. The van der Waals surface area contributed by atoms with Crippen LogP contribution < -0.4 is 16.6 Å². The summed E-state index contributed by atoms with van der Waals surface area (Å²) >= 11 is 0. The summed E-state index contributed by atoms with van der Waals surface area (Å²) in [6, 6.07) is 6.47. The maximum absolute atomic E-state index is 12.5. The molecule has 108 valence electrons. The van der Waals surface area contributed by atoms with Gasteiger partial charge in [-0.25, -0.2) is 0 Å². The number of nitrogens with two attached hydrogens (primary N) is 1. The van der Waals surface area contributed by atoms with Crippen LogP contribution in [0, 0.1) is 6.92 Å². The Morgan fingerprint density at radius 3 is 3.00 bits per heavy atom. The maximum Gasteiger partial charge on any atom is 0.253 e. The van der Waals surface area contributed by atoms with E-state index in [0.29, 0.717) is 17.3 Å².